The number of ether oxygens (including phenoxy) is 1. The number of carbonyl (C=O) groups excluding carboxylic acids is 1. The first-order valence-electron chi connectivity index (χ1n) is 4.77. The summed E-state index contributed by atoms with van der Waals surface area (Å²) < 4.78 is 6.42. The maximum Gasteiger partial charge on any atom is 0.215 e. The first-order valence-corrected chi connectivity index (χ1v) is 4.77. The number of aryl methyl sites for hydroxylation is 1. The number of rotatable bonds is 4. The Bertz CT molecular complexity index is 369. The van der Waals surface area contributed by atoms with Crippen molar-refractivity contribution in [2.75, 3.05) is 7.11 Å². The fraction of sp³-hybridized carbons (Fsp3) is 0.600. The van der Waals surface area contributed by atoms with E-state index in [1.807, 2.05) is 0 Å². The molecule has 1 atom stereocenters. The molecule has 0 aliphatic heterocycles. The van der Waals surface area contributed by atoms with Crippen LogP contribution in [0.5, 0.6) is 5.75 Å². The molecule has 0 aliphatic rings. The standard InChI is InChI=1S/C10H16N2O3/c1-5-10(2,14)9(13)8-7(15-4)6-11-12(8)3/h6,14H,5H2,1-4H3. The first-order chi connectivity index (χ1) is 6.94. The molecule has 0 bridgehead atoms. The molecule has 0 saturated heterocycles. The van der Waals surface area contributed by atoms with Crippen LogP contribution in [-0.2, 0) is 7.05 Å². The predicted octanol–water partition coefficient (Wildman–Crippen LogP) is 0.772. The van der Waals surface area contributed by atoms with Crippen LogP contribution in [0.15, 0.2) is 6.20 Å². The summed E-state index contributed by atoms with van der Waals surface area (Å²) in [6.45, 7) is 3.24. The van der Waals surface area contributed by atoms with E-state index in [0.29, 0.717) is 17.9 Å². The van der Waals surface area contributed by atoms with E-state index < -0.39 is 5.60 Å². The van der Waals surface area contributed by atoms with Gasteiger partial charge in [0.1, 0.15) is 11.3 Å². The molecular formula is C10H16N2O3. The summed E-state index contributed by atoms with van der Waals surface area (Å²) in [6, 6.07) is 0. The Kier molecular flexibility index (Phi) is 3.14. The van der Waals surface area contributed by atoms with Crippen LogP contribution in [0.4, 0.5) is 0 Å². The molecule has 0 saturated carbocycles. The van der Waals surface area contributed by atoms with Crippen molar-refractivity contribution < 1.29 is 14.6 Å². The summed E-state index contributed by atoms with van der Waals surface area (Å²) in [5.74, 6) is 0.0121. The lowest BCUT2D eigenvalue weighted by Crippen LogP contribution is -2.35. The van der Waals surface area contributed by atoms with Crippen LogP contribution in [0, 0.1) is 0 Å². The number of Topliss-reactive ketones (excluding diaryl/α,β-unsaturated/α-hetero) is 1. The molecule has 1 aromatic heterocycles. The molecule has 1 rings (SSSR count). The monoisotopic (exact) mass is 212 g/mol. The molecule has 0 fully saturated rings. The van der Waals surface area contributed by atoms with Crippen molar-refractivity contribution in [2.24, 2.45) is 7.05 Å². The smallest absolute Gasteiger partial charge is 0.215 e. The number of aliphatic hydroxyl groups is 1. The van der Waals surface area contributed by atoms with E-state index in [-0.39, 0.29) is 5.78 Å². The fourth-order valence-electron chi connectivity index (χ4n) is 1.24. The Balaban J connectivity index is 3.16. The van der Waals surface area contributed by atoms with Gasteiger partial charge in [0.2, 0.25) is 5.78 Å². The second kappa shape index (κ2) is 4.02. The maximum absolute atomic E-state index is 12.0. The van der Waals surface area contributed by atoms with Crippen LogP contribution in [0.2, 0.25) is 0 Å². The number of aromatic nitrogens is 2. The Morgan fingerprint density at radius 2 is 2.33 bits per heavy atom. The third kappa shape index (κ3) is 2.02. The Morgan fingerprint density at radius 1 is 1.73 bits per heavy atom. The topological polar surface area (TPSA) is 64.3 Å². The number of hydrogen-bond acceptors (Lipinski definition) is 4. The van der Waals surface area contributed by atoms with Gasteiger partial charge in [-0.3, -0.25) is 9.48 Å². The van der Waals surface area contributed by atoms with Gasteiger partial charge >= 0.3 is 0 Å². The normalized spacial score (nSPS) is 14.7. The predicted molar refractivity (Wildman–Crippen MR) is 55.0 cm³/mol. The van der Waals surface area contributed by atoms with Gasteiger partial charge in [-0.1, -0.05) is 6.92 Å². The van der Waals surface area contributed by atoms with Crippen molar-refractivity contribution in [1.82, 2.24) is 9.78 Å². The van der Waals surface area contributed by atoms with Crippen molar-refractivity contribution in [2.45, 2.75) is 25.9 Å². The van der Waals surface area contributed by atoms with Gasteiger partial charge in [-0.15, -0.1) is 0 Å². The van der Waals surface area contributed by atoms with Crippen molar-refractivity contribution in [3.8, 4) is 5.75 Å². The minimum Gasteiger partial charge on any atom is -0.493 e. The Morgan fingerprint density at radius 3 is 2.80 bits per heavy atom. The van der Waals surface area contributed by atoms with E-state index in [0.717, 1.165) is 0 Å². The Hall–Kier alpha value is -1.36. The number of methoxy groups -OCH3 is 1. The summed E-state index contributed by atoms with van der Waals surface area (Å²) >= 11 is 0. The highest BCUT2D eigenvalue weighted by molar-refractivity contribution is 6.02. The molecular weight excluding hydrogens is 196 g/mol. The second-order valence-corrected chi connectivity index (χ2v) is 3.64. The van der Waals surface area contributed by atoms with Crippen molar-refractivity contribution in [1.29, 1.82) is 0 Å². The summed E-state index contributed by atoms with van der Waals surface area (Å²) in [6.07, 6.45) is 1.80. The lowest BCUT2D eigenvalue weighted by atomic mass is 9.95. The molecule has 0 radical (unpaired) electrons. The van der Waals surface area contributed by atoms with E-state index in [1.165, 1.54) is 24.9 Å². The summed E-state index contributed by atoms with van der Waals surface area (Å²) in [4.78, 5) is 12.0. The molecule has 1 unspecified atom stereocenters. The summed E-state index contributed by atoms with van der Waals surface area (Å²) in [7, 11) is 3.11. The van der Waals surface area contributed by atoms with Crippen LogP contribution in [0.1, 0.15) is 30.8 Å². The summed E-state index contributed by atoms with van der Waals surface area (Å²) in [5, 5.41) is 13.8. The highest BCUT2D eigenvalue weighted by atomic mass is 16.5. The van der Waals surface area contributed by atoms with Gasteiger partial charge in [0, 0.05) is 7.05 Å². The minimum atomic E-state index is -1.37. The first kappa shape index (κ1) is 11.7. The largest absolute Gasteiger partial charge is 0.493 e. The van der Waals surface area contributed by atoms with E-state index >= 15 is 0 Å². The fourth-order valence-corrected chi connectivity index (χ4v) is 1.24. The molecule has 1 aromatic rings. The molecule has 84 valence electrons. The second-order valence-electron chi connectivity index (χ2n) is 3.64. The Labute approximate surface area is 88.7 Å². The SMILES string of the molecule is CCC(C)(O)C(=O)c1c(OC)cnn1C. The number of ketones is 1. The van der Waals surface area contributed by atoms with Crippen LogP contribution in [-0.4, -0.2) is 33.4 Å². The van der Waals surface area contributed by atoms with Crippen LogP contribution < -0.4 is 4.74 Å². The van der Waals surface area contributed by atoms with E-state index in [4.69, 9.17) is 4.74 Å². The van der Waals surface area contributed by atoms with E-state index in [9.17, 15) is 9.90 Å². The van der Waals surface area contributed by atoms with E-state index in [1.54, 1.807) is 14.0 Å². The quantitative estimate of drug-likeness (QED) is 0.749. The molecule has 0 amide bonds. The molecule has 1 heterocycles. The number of nitrogens with zero attached hydrogens (tertiary/aromatic N) is 2. The van der Waals surface area contributed by atoms with Crippen LogP contribution >= 0.6 is 0 Å². The molecule has 5 nitrogen and oxygen atoms in total. The van der Waals surface area contributed by atoms with Gasteiger partial charge in [0.15, 0.2) is 5.75 Å². The molecule has 0 spiro atoms. The number of carbonyl (C=O) groups is 1. The zero-order chi connectivity index (χ0) is 11.6. The average molecular weight is 212 g/mol. The van der Waals surface area contributed by atoms with Gasteiger partial charge in [-0.25, -0.2) is 0 Å². The van der Waals surface area contributed by atoms with Gasteiger partial charge < -0.3 is 9.84 Å². The van der Waals surface area contributed by atoms with Gasteiger partial charge in [0.05, 0.1) is 13.3 Å². The molecule has 0 aromatic carbocycles. The van der Waals surface area contributed by atoms with Crippen LogP contribution in [0.3, 0.4) is 0 Å². The lowest BCUT2D eigenvalue weighted by Gasteiger charge is -2.19. The number of hydrogen-bond donors (Lipinski definition) is 1. The van der Waals surface area contributed by atoms with Crippen LogP contribution in [0.25, 0.3) is 0 Å². The molecule has 0 aliphatic carbocycles. The highest BCUT2D eigenvalue weighted by Gasteiger charge is 2.33. The van der Waals surface area contributed by atoms with Gasteiger partial charge in [-0.05, 0) is 13.3 Å². The van der Waals surface area contributed by atoms with Gasteiger partial charge in [-0.2, -0.15) is 5.10 Å². The van der Waals surface area contributed by atoms with E-state index in [2.05, 4.69) is 5.10 Å². The third-order valence-corrected chi connectivity index (χ3v) is 2.52. The summed E-state index contributed by atoms with van der Waals surface area (Å²) in [5.41, 5.74) is -1.08. The van der Waals surface area contributed by atoms with Crippen molar-refractivity contribution >= 4 is 5.78 Å². The molecule has 1 N–H and O–H groups in total. The van der Waals surface area contributed by atoms with Crippen molar-refractivity contribution in [3.05, 3.63) is 11.9 Å². The third-order valence-electron chi connectivity index (χ3n) is 2.52. The molecule has 5 heteroatoms. The lowest BCUT2D eigenvalue weighted by molar-refractivity contribution is 0.0377. The van der Waals surface area contributed by atoms with Gasteiger partial charge in [0.25, 0.3) is 0 Å². The zero-order valence-corrected chi connectivity index (χ0v) is 9.44. The highest BCUT2D eigenvalue weighted by Crippen LogP contribution is 2.23. The minimum absolute atomic E-state index is 0.296. The average Bonchev–Trinajstić information content (AvgIpc) is 2.58. The van der Waals surface area contributed by atoms with Crippen molar-refractivity contribution in [3.63, 3.8) is 0 Å². The zero-order valence-electron chi connectivity index (χ0n) is 9.44. The molecule has 15 heavy (non-hydrogen) atoms. The maximum atomic E-state index is 12.0.